The van der Waals surface area contributed by atoms with Crippen molar-refractivity contribution in [3.05, 3.63) is 33.9 Å². The lowest BCUT2D eigenvalue weighted by atomic mass is 9.86. The van der Waals surface area contributed by atoms with E-state index in [4.69, 9.17) is 5.11 Å². The Morgan fingerprint density at radius 1 is 1.44 bits per heavy atom. The van der Waals surface area contributed by atoms with Gasteiger partial charge in [-0.15, -0.1) is 0 Å². The van der Waals surface area contributed by atoms with Crippen molar-refractivity contribution in [1.29, 1.82) is 0 Å². The quantitative estimate of drug-likeness (QED) is 0.517. The number of nitro groups is 1. The fourth-order valence-electron chi connectivity index (χ4n) is 3.03. The van der Waals surface area contributed by atoms with Crippen molar-refractivity contribution in [2.45, 2.75) is 43.7 Å². The molecule has 1 aliphatic carbocycles. The maximum absolute atomic E-state index is 12.5. The Morgan fingerprint density at radius 2 is 2.08 bits per heavy atom. The van der Waals surface area contributed by atoms with Crippen LogP contribution < -0.4 is 4.72 Å². The molecule has 1 fully saturated rings. The molecule has 0 amide bonds. The van der Waals surface area contributed by atoms with Gasteiger partial charge >= 0.3 is 5.97 Å². The van der Waals surface area contributed by atoms with Crippen molar-refractivity contribution >= 4 is 21.7 Å². The Bertz CT molecular complexity index is 773. The highest BCUT2D eigenvalue weighted by Gasteiger charge is 2.37. The molecule has 0 spiro atoms. The van der Waals surface area contributed by atoms with Crippen LogP contribution in [0.4, 0.5) is 5.69 Å². The summed E-state index contributed by atoms with van der Waals surface area (Å²) in [6.07, 6.45) is 1.02. The summed E-state index contributed by atoms with van der Waals surface area (Å²) in [5.41, 5.74) is -0.148. The highest BCUT2D eigenvalue weighted by Crippen LogP contribution is 2.29. The number of carboxylic acid groups (broad SMARTS) is 1. The van der Waals surface area contributed by atoms with E-state index in [0.29, 0.717) is 19.4 Å². The smallest absolute Gasteiger partial charge is 0.317 e. The lowest BCUT2D eigenvalue weighted by Gasteiger charge is -2.42. The summed E-state index contributed by atoms with van der Waals surface area (Å²) in [6.45, 7) is 3.75. The molecule has 0 saturated heterocycles. The third kappa shape index (κ3) is 4.33. The number of sulfonamides is 1. The molecule has 0 bridgehead atoms. The fraction of sp³-hybridized carbons (Fsp3) is 0.533. The van der Waals surface area contributed by atoms with E-state index in [2.05, 4.69) is 4.72 Å². The summed E-state index contributed by atoms with van der Waals surface area (Å²) in [4.78, 5) is 22.9. The lowest BCUT2D eigenvalue weighted by Crippen LogP contribution is -2.54. The van der Waals surface area contributed by atoms with Crippen LogP contribution in [0.2, 0.25) is 0 Å². The van der Waals surface area contributed by atoms with E-state index in [1.807, 2.05) is 6.92 Å². The van der Waals surface area contributed by atoms with Crippen molar-refractivity contribution < 1.29 is 23.2 Å². The number of benzene rings is 1. The van der Waals surface area contributed by atoms with Crippen LogP contribution >= 0.6 is 0 Å². The van der Waals surface area contributed by atoms with E-state index < -0.39 is 20.9 Å². The van der Waals surface area contributed by atoms with Gasteiger partial charge in [0.2, 0.25) is 10.0 Å². The molecule has 0 atom stereocenters. The van der Waals surface area contributed by atoms with E-state index in [-0.39, 0.29) is 34.8 Å². The van der Waals surface area contributed by atoms with E-state index >= 15 is 0 Å². The van der Waals surface area contributed by atoms with Crippen LogP contribution in [0.25, 0.3) is 0 Å². The first-order valence-corrected chi connectivity index (χ1v) is 9.36. The second-order valence-electron chi connectivity index (χ2n) is 6.06. The topological polar surface area (TPSA) is 130 Å². The number of carboxylic acids is 1. The van der Waals surface area contributed by atoms with Crippen molar-refractivity contribution in [2.75, 3.05) is 13.1 Å². The average molecular weight is 371 g/mol. The van der Waals surface area contributed by atoms with Gasteiger partial charge in [-0.05, 0) is 32.4 Å². The number of hydrogen-bond acceptors (Lipinski definition) is 6. The minimum absolute atomic E-state index is 0.0139. The molecule has 1 aromatic rings. The van der Waals surface area contributed by atoms with Gasteiger partial charge in [0.25, 0.3) is 5.69 Å². The molecule has 2 rings (SSSR count). The molecule has 2 N–H and O–H groups in total. The average Bonchev–Trinajstić information content (AvgIpc) is 2.48. The molecule has 138 valence electrons. The Balaban J connectivity index is 2.06. The minimum Gasteiger partial charge on any atom is -0.480 e. The van der Waals surface area contributed by atoms with Gasteiger partial charge in [-0.1, -0.05) is 13.0 Å². The third-order valence-corrected chi connectivity index (χ3v) is 6.10. The molecule has 10 heteroatoms. The number of rotatable bonds is 8. The number of nitro benzene ring substituents is 1. The van der Waals surface area contributed by atoms with Crippen LogP contribution in [-0.4, -0.2) is 54.5 Å². The van der Waals surface area contributed by atoms with Crippen LogP contribution in [0.15, 0.2) is 23.1 Å². The number of hydrogen-bond donors (Lipinski definition) is 2. The highest BCUT2D eigenvalue weighted by atomic mass is 32.2. The summed E-state index contributed by atoms with van der Waals surface area (Å²) in [7, 11) is -3.88. The lowest BCUT2D eigenvalue weighted by molar-refractivity contribution is -0.385. The Kier molecular flexibility index (Phi) is 5.76. The van der Waals surface area contributed by atoms with Crippen molar-refractivity contribution in [3.63, 3.8) is 0 Å². The van der Waals surface area contributed by atoms with Crippen LogP contribution in [0.5, 0.6) is 0 Å². The van der Waals surface area contributed by atoms with E-state index in [0.717, 1.165) is 0 Å². The number of aliphatic carboxylic acids is 1. The largest absolute Gasteiger partial charge is 0.480 e. The van der Waals surface area contributed by atoms with Crippen LogP contribution in [-0.2, 0) is 14.8 Å². The normalized spacial score (nSPS) is 20.3. The molecule has 0 aliphatic heterocycles. The maximum atomic E-state index is 12.5. The molecule has 0 unspecified atom stereocenters. The molecular weight excluding hydrogens is 350 g/mol. The Hall–Kier alpha value is -2.04. The summed E-state index contributed by atoms with van der Waals surface area (Å²) >= 11 is 0. The van der Waals surface area contributed by atoms with Crippen LogP contribution in [0, 0.1) is 17.0 Å². The van der Waals surface area contributed by atoms with Gasteiger partial charge in [0.05, 0.1) is 16.4 Å². The molecule has 0 aromatic heterocycles. The van der Waals surface area contributed by atoms with Gasteiger partial charge in [-0.3, -0.25) is 19.8 Å². The summed E-state index contributed by atoms with van der Waals surface area (Å²) in [5.74, 6) is -0.918. The number of nitrogens with one attached hydrogen (secondary N) is 1. The summed E-state index contributed by atoms with van der Waals surface area (Å²) in [6, 6.07) is 3.65. The first-order chi connectivity index (χ1) is 11.7. The third-order valence-electron chi connectivity index (χ3n) is 4.44. The predicted octanol–water partition coefficient (Wildman–Crippen LogP) is 1.12. The first kappa shape index (κ1) is 19.3. The first-order valence-electron chi connectivity index (χ1n) is 7.88. The minimum atomic E-state index is -3.88. The molecule has 25 heavy (non-hydrogen) atoms. The highest BCUT2D eigenvalue weighted by molar-refractivity contribution is 7.89. The predicted molar refractivity (Wildman–Crippen MR) is 89.8 cm³/mol. The van der Waals surface area contributed by atoms with E-state index in [1.165, 1.54) is 25.1 Å². The van der Waals surface area contributed by atoms with Crippen LogP contribution in [0.1, 0.15) is 25.3 Å². The van der Waals surface area contributed by atoms with E-state index in [1.54, 1.807) is 4.90 Å². The van der Waals surface area contributed by atoms with Gasteiger partial charge < -0.3 is 5.11 Å². The monoisotopic (exact) mass is 371 g/mol. The van der Waals surface area contributed by atoms with E-state index in [9.17, 15) is 23.3 Å². The van der Waals surface area contributed by atoms with Gasteiger partial charge in [0, 0.05) is 23.7 Å². The second kappa shape index (κ2) is 7.46. The van der Waals surface area contributed by atoms with Crippen molar-refractivity contribution in [3.8, 4) is 0 Å². The maximum Gasteiger partial charge on any atom is 0.317 e. The zero-order valence-corrected chi connectivity index (χ0v) is 14.8. The Morgan fingerprint density at radius 3 is 2.60 bits per heavy atom. The van der Waals surface area contributed by atoms with Gasteiger partial charge in [0.1, 0.15) is 0 Å². The molecule has 0 radical (unpaired) electrons. The molecular formula is C15H21N3O6S. The fourth-order valence-corrected chi connectivity index (χ4v) is 4.55. The summed E-state index contributed by atoms with van der Waals surface area (Å²) < 4.78 is 27.6. The van der Waals surface area contributed by atoms with Crippen LogP contribution in [0.3, 0.4) is 0 Å². The number of likely N-dealkylation sites (N-methyl/N-ethyl adjacent to an activating group) is 1. The SMILES string of the molecule is CCN(CC(=O)O)C1CC(NS(=O)(=O)c2cccc([N+](=O)[O-])c2C)C1. The van der Waals surface area contributed by atoms with Gasteiger partial charge in [-0.2, -0.15) is 0 Å². The van der Waals surface area contributed by atoms with Crippen molar-refractivity contribution in [1.82, 2.24) is 9.62 Å². The molecule has 1 saturated carbocycles. The molecule has 0 heterocycles. The zero-order valence-electron chi connectivity index (χ0n) is 14.0. The zero-order chi connectivity index (χ0) is 18.8. The van der Waals surface area contributed by atoms with Crippen molar-refractivity contribution in [2.24, 2.45) is 0 Å². The Labute approximate surface area is 145 Å². The second-order valence-corrected chi connectivity index (χ2v) is 7.74. The molecule has 1 aromatic carbocycles. The standard InChI is InChI=1S/C15H21N3O6S/c1-3-17(9-15(19)20)12-7-11(8-12)16-25(23,24)14-6-4-5-13(10(14)2)18(21)22/h4-6,11-12,16H,3,7-9H2,1-2H3,(H,19,20). The van der Waals surface area contributed by atoms with Gasteiger partial charge in [0.15, 0.2) is 0 Å². The number of nitrogens with zero attached hydrogens (tertiary/aromatic N) is 2. The molecule has 1 aliphatic rings. The summed E-state index contributed by atoms with van der Waals surface area (Å²) in [5, 5.41) is 19.8. The molecule has 9 nitrogen and oxygen atoms in total. The number of carbonyl (C=O) groups is 1. The van der Waals surface area contributed by atoms with Gasteiger partial charge in [-0.25, -0.2) is 13.1 Å².